The quantitative estimate of drug-likeness (QED) is 0.700. The average molecular weight is 407 g/mol. The second kappa shape index (κ2) is 9.43. The van der Waals surface area contributed by atoms with Crippen LogP contribution in [0.1, 0.15) is 18.4 Å². The molecule has 1 aliphatic heterocycles. The van der Waals surface area contributed by atoms with Crippen molar-refractivity contribution >= 4 is 28.2 Å². The predicted molar refractivity (Wildman–Crippen MR) is 103 cm³/mol. The Morgan fingerprint density at radius 1 is 1.23 bits per heavy atom. The second-order valence-electron chi connectivity index (χ2n) is 6.20. The largest absolute Gasteiger partial charge is 0.497 e. The van der Waals surface area contributed by atoms with Crippen LogP contribution in [0.15, 0.2) is 18.2 Å². The molecule has 148 valence electrons. The Morgan fingerprint density at radius 2 is 1.88 bits per heavy atom. The summed E-state index contributed by atoms with van der Waals surface area (Å²) in [6.07, 6.45) is 2.27. The number of halogens is 1. The molecular weight excluding hydrogens is 380 g/mol. The van der Waals surface area contributed by atoms with Gasteiger partial charge in [0.15, 0.2) is 14.6 Å². The number of hydrogen-bond acceptors (Lipinski definition) is 6. The zero-order chi connectivity index (χ0) is 18.5. The van der Waals surface area contributed by atoms with Gasteiger partial charge in [-0.3, -0.25) is 4.79 Å². The van der Waals surface area contributed by atoms with E-state index in [1.807, 2.05) is 12.1 Å². The van der Waals surface area contributed by atoms with E-state index in [2.05, 4.69) is 10.6 Å². The van der Waals surface area contributed by atoms with E-state index in [0.29, 0.717) is 50.4 Å². The highest BCUT2D eigenvalue weighted by atomic mass is 35.5. The van der Waals surface area contributed by atoms with Crippen molar-refractivity contribution in [1.82, 2.24) is 10.6 Å². The Bertz CT molecular complexity index is 718. The molecule has 1 saturated heterocycles. The lowest BCUT2D eigenvalue weighted by molar-refractivity contribution is -0.124. The third-order valence-electron chi connectivity index (χ3n) is 4.71. The number of sulfone groups is 1. The van der Waals surface area contributed by atoms with Crippen LogP contribution < -0.4 is 20.1 Å². The van der Waals surface area contributed by atoms with E-state index in [0.717, 1.165) is 11.8 Å². The molecule has 26 heavy (non-hydrogen) atoms. The summed E-state index contributed by atoms with van der Waals surface area (Å²) in [6, 6.07) is 5.48. The maximum atomic E-state index is 12.6. The first-order valence-corrected chi connectivity index (χ1v) is 10.1. The zero-order valence-electron chi connectivity index (χ0n) is 15.3. The van der Waals surface area contributed by atoms with Gasteiger partial charge in [-0.25, -0.2) is 8.42 Å². The minimum atomic E-state index is -3.50. The molecule has 0 unspecified atom stereocenters. The van der Waals surface area contributed by atoms with Crippen molar-refractivity contribution in [3.05, 3.63) is 23.8 Å². The van der Waals surface area contributed by atoms with Gasteiger partial charge in [0.05, 0.1) is 14.2 Å². The fraction of sp³-hybridized carbons (Fsp3) is 0.588. The van der Waals surface area contributed by atoms with Gasteiger partial charge in [-0.1, -0.05) is 6.07 Å². The van der Waals surface area contributed by atoms with Gasteiger partial charge >= 0.3 is 0 Å². The van der Waals surface area contributed by atoms with Crippen molar-refractivity contribution < 1.29 is 22.7 Å². The molecule has 2 rings (SSSR count). The number of nitrogens with one attached hydrogen (secondary N) is 2. The highest BCUT2D eigenvalue weighted by Gasteiger charge is 2.48. The highest BCUT2D eigenvalue weighted by Crippen LogP contribution is 2.28. The summed E-state index contributed by atoms with van der Waals surface area (Å²) in [7, 11) is -0.341. The highest BCUT2D eigenvalue weighted by molar-refractivity contribution is 7.92. The molecule has 0 radical (unpaired) electrons. The fourth-order valence-corrected chi connectivity index (χ4v) is 4.48. The summed E-state index contributed by atoms with van der Waals surface area (Å²) in [6.45, 7) is 1.38. The third kappa shape index (κ3) is 4.81. The van der Waals surface area contributed by atoms with Crippen molar-refractivity contribution in [2.24, 2.45) is 0 Å². The topological polar surface area (TPSA) is 93.7 Å². The summed E-state index contributed by atoms with van der Waals surface area (Å²) in [5.74, 6) is 0.952. The Kier molecular flexibility index (Phi) is 8.17. The molecule has 9 heteroatoms. The maximum absolute atomic E-state index is 12.6. The smallest absolute Gasteiger partial charge is 0.241 e. The summed E-state index contributed by atoms with van der Waals surface area (Å²) in [5.41, 5.74) is 0.919. The Labute approximate surface area is 161 Å². The molecular formula is C17H27ClN2O5S. The number of benzene rings is 1. The van der Waals surface area contributed by atoms with Gasteiger partial charge in [0, 0.05) is 18.9 Å². The first-order valence-electron chi connectivity index (χ1n) is 8.23. The molecule has 1 amide bonds. The van der Waals surface area contributed by atoms with Crippen LogP contribution in [0.25, 0.3) is 0 Å². The van der Waals surface area contributed by atoms with E-state index in [1.165, 1.54) is 0 Å². The van der Waals surface area contributed by atoms with Gasteiger partial charge < -0.3 is 20.1 Å². The molecule has 1 fully saturated rings. The monoisotopic (exact) mass is 406 g/mol. The molecule has 7 nitrogen and oxygen atoms in total. The third-order valence-corrected chi connectivity index (χ3v) is 6.72. The van der Waals surface area contributed by atoms with E-state index in [-0.39, 0.29) is 12.4 Å². The lowest BCUT2D eigenvalue weighted by atomic mass is 9.95. The molecule has 1 heterocycles. The van der Waals surface area contributed by atoms with Crippen LogP contribution in [0.4, 0.5) is 0 Å². The molecule has 0 spiro atoms. The van der Waals surface area contributed by atoms with Crippen molar-refractivity contribution in [2.45, 2.75) is 24.0 Å². The van der Waals surface area contributed by atoms with Gasteiger partial charge in [-0.05, 0) is 44.0 Å². The van der Waals surface area contributed by atoms with Gasteiger partial charge in [0.2, 0.25) is 5.91 Å². The van der Waals surface area contributed by atoms with Crippen LogP contribution in [-0.2, 0) is 21.1 Å². The van der Waals surface area contributed by atoms with E-state index >= 15 is 0 Å². The zero-order valence-corrected chi connectivity index (χ0v) is 17.0. The number of ether oxygens (including phenoxy) is 2. The summed E-state index contributed by atoms with van der Waals surface area (Å²) < 4.78 is 33.6. The first kappa shape index (κ1) is 22.5. The molecule has 0 aromatic heterocycles. The molecule has 0 bridgehead atoms. The number of rotatable bonds is 7. The molecule has 0 saturated carbocycles. The minimum absolute atomic E-state index is 0. The second-order valence-corrected chi connectivity index (χ2v) is 8.53. The Morgan fingerprint density at radius 3 is 2.42 bits per heavy atom. The molecule has 1 aromatic rings. The van der Waals surface area contributed by atoms with Crippen LogP contribution in [-0.4, -0.2) is 59.2 Å². The number of carbonyl (C=O) groups excluding carboxylic acids is 1. The maximum Gasteiger partial charge on any atom is 0.241 e. The van der Waals surface area contributed by atoms with Crippen molar-refractivity contribution in [3.63, 3.8) is 0 Å². The molecule has 1 aromatic carbocycles. The number of hydrogen-bond donors (Lipinski definition) is 2. The number of methoxy groups -OCH3 is 2. The van der Waals surface area contributed by atoms with Gasteiger partial charge in [-0.2, -0.15) is 0 Å². The first-order chi connectivity index (χ1) is 11.8. The molecule has 0 atom stereocenters. The number of amides is 1. The van der Waals surface area contributed by atoms with Crippen LogP contribution in [0.5, 0.6) is 11.5 Å². The number of carbonyl (C=O) groups is 1. The SMILES string of the molecule is COc1ccc(CCNC(=O)C2(S(C)(=O)=O)CCNCC2)c(OC)c1.Cl. The number of piperidine rings is 1. The molecule has 2 N–H and O–H groups in total. The summed E-state index contributed by atoms with van der Waals surface area (Å²) in [5, 5.41) is 5.90. The standard InChI is InChI=1S/C17H26N2O5S.ClH/c1-23-14-5-4-13(15(12-14)24-2)6-9-19-16(20)17(25(3,21)22)7-10-18-11-8-17;/h4-5,12,18H,6-11H2,1-3H3,(H,19,20);1H. The average Bonchev–Trinajstić information content (AvgIpc) is 2.61. The van der Waals surface area contributed by atoms with Crippen LogP contribution >= 0.6 is 12.4 Å². The summed E-state index contributed by atoms with van der Waals surface area (Å²) >= 11 is 0. The van der Waals surface area contributed by atoms with Gasteiger partial charge in [0.25, 0.3) is 0 Å². The van der Waals surface area contributed by atoms with Crippen molar-refractivity contribution in [3.8, 4) is 11.5 Å². The Balaban J connectivity index is 0.00000338. The van der Waals surface area contributed by atoms with Crippen LogP contribution in [0.3, 0.4) is 0 Å². The fourth-order valence-electron chi connectivity index (χ4n) is 3.13. The van der Waals surface area contributed by atoms with E-state index in [4.69, 9.17) is 9.47 Å². The van der Waals surface area contributed by atoms with E-state index < -0.39 is 20.5 Å². The predicted octanol–water partition coefficient (Wildman–Crippen LogP) is 0.951. The molecule has 1 aliphatic rings. The van der Waals surface area contributed by atoms with E-state index in [1.54, 1.807) is 20.3 Å². The summed E-state index contributed by atoms with van der Waals surface area (Å²) in [4.78, 5) is 12.6. The minimum Gasteiger partial charge on any atom is -0.497 e. The lowest BCUT2D eigenvalue weighted by Gasteiger charge is -2.34. The van der Waals surface area contributed by atoms with Crippen molar-refractivity contribution in [2.75, 3.05) is 40.1 Å². The van der Waals surface area contributed by atoms with E-state index in [9.17, 15) is 13.2 Å². The lowest BCUT2D eigenvalue weighted by Crippen LogP contribution is -2.57. The van der Waals surface area contributed by atoms with Crippen molar-refractivity contribution in [1.29, 1.82) is 0 Å². The Hall–Kier alpha value is -1.51. The van der Waals surface area contributed by atoms with Gasteiger partial charge in [0.1, 0.15) is 11.5 Å². The normalized spacial score (nSPS) is 16.3. The van der Waals surface area contributed by atoms with Crippen LogP contribution in [0, 0.1) is 0 Å². The van der Waals surface area contributed by atoms with Crippen LogP contribution in [0.2, 0.25) is 0 Å². The van der Waals surface area contributed by atoms with Gasteiger partial charge in [-0.15, -0.1) is 12.4 Å². The molecule has 0 aliphatic carbocycles.